The second kappa shape index (κ2) is 5.95. The van der Waals surface area contributed by atoms with Crippen LogP contribution in [0.4, 0.5) is 0 Å². The van der Waals surface area contributed by atoms with Crippen LogP contribution in [-0.2, 0) is 14.3 Å². The van der Waals surface area contributed by atoms with Gasteiger partial charge in [-0.1, -0.05) is 30.3 Å². The number of ether oxygens (including phenoxy) is 2. The van der Waals surface area contributed by atoms with Crippen molar-refractivity contribution >= 4 is 5.97 Å². The molecule has 0 amide bonds. The summed E-state index contributed by atoms with van der Waals surface area (Å²) in [4.78, 5) is 11.7. The van der Waals surface area contributed by atoms with Crippen LogP contribution in [0.25, 0.3) is 0 Å². The van der Waals surface area contributed by atoms with Gasteiger partial charge in [-0.2, -0.15) is 0 Å². The number of esters is 1. The van der Waals surface area contributed by atoms with Gasteiger partial charge in [0.15, 0.2) is 18.5 Å². The average molecular weight is 252 g/mol. The van der Waals surface area contributed by atoms with E-state index in [9.17, 15) is 15.0 Å². The lowest BCUT2D eigenvalue weighted by Gasteiger charge is -2.28. The van der Waals surface area contributed by atoms with Crippen molar-refractivity contribution in [3.63, 3.8) is 0 Å². The molecule has 98 valence electrons. The molecule has 2 rings (SSSR count). The maximum Gasteiger partial charge on any atom is 0.340 e. The molecule has 1 fully saturated rings. The monoisotopic (exact) mass is 252 g/mol. The van der Waals surface area contributed by atoms with Crippen LogP contribution in [0.15, 0.2) is 30.3 Å². The third-order valence-electron chi connectivity index (χ3n) is 2.85. The third-order valence-corrected chi connectivity index (χ3v) is 2.85. The summed E-state index contributed by atoms with van der Waals surface area (Å²) in [7, 11) is 0. The van der Waals surface area contributed by atoms with Gasteiger partial charge in [0.25, 0.3) is 0 Å². The number of benzene rings is 1. The van der Waals surface area contributed by atoms with Gasteiger partial charge in [-0.25, -0.2) is 4.79 Å². The van der Waals surface area contributed by atoms with Crippen molar-refractivity contribution < 1.29 is 24.5 Å². The van der Waals surface area contributed by atoms with Crippen LogP contribution >= 0.6 is 0 Å². The molecule has 5 heteroatoms. The number of carbonyl (C=O) groups excluding carboxylic acids is 1. The molecule has 0 aromatic heterocycles. The summed E-state index contributed by atoms with van der Waals surface area (Å²) >= 11 is 0. The molecule has 0 saturated carbocycles. The van der Waals surface area contributed by atoms with E-state index in [-0.39, 0.29) is 0 Å². The Hall–Kier alpha value is -1.43. The van der Waals surface area contributed by atoms with Crippen molar-refractivity contribution in [3.8, 4) is 0 Å². The molecular formula is C13H16O5. The summed E-state index contributed by atoms with van der Waals surface area (Å²) < 4.78 is 10.0. The molecule has 2 N–H and O–H groups in total. The Balaban J connectivity index is 1.95. The lowest BCUT2D eigenvalue weighted by atomic mass is 10.1. The first-order valence-corrected chi connectivity index (χ1v) is 5.91. The Morgan fingerprint density at radius 2 is 2.11 bits per heavy atom. The minimum atomic E-state index is -1.33. The maximum atomic E-state index is 11.7. The summed E-state index contributed by atoms with van der Waals surface area (Å²) in [6.45, 7) is 0.455. The summed E-state index contributed by atoms with van der Waals surface area (Å²) in [5.74, 6) is -0.768. The highest BCUT2D eigenvalue weighted by Crippen LogP contribution is 2.20. The number of hydrogen-bond acceptors (Lipinski definition) is 5. The van der Waals surface area contributed by atoms with E-state index in [0.29, 0.717) is 18.6 Å². The summed E-state index contributed by atoms with van der Waals surface area (Å²) in [5, 5.41) is 19.3. The fraction of sp³-hybridized carbons (Fsp3) is 0.462. The molecule has 1 saturated heterocycles. The molecule has 1 aliphatic heterocycles. The molecule has 0 radical (unpaired) electrons. The summed E-state index contributed by atoms with van der Waals surface area (Å²) in [6.07, 6.45) is -1.89. The molecule has 0 spiro atoms. The Kier molecular flexibility index (Phi) is 4.30. The Morgan fingerprint density at radius 1 is 1.39 bits per heavy atom. The van der Waals surface area contributed by atoms with E-state index in [0.717, 1.165) is 6.42 Å². The second-order valence-electron chi connectivity index (χ2n) is 4.19. The van der Waals surface area contributed by atoms with Crippen molar-refractivity contribution in [2.24, 2.45) is 0 Å². The van der Waals surface area contributed by atoms with Gasteiger partial charge in [0, 0.05) is 0 Å². The predicted octanol–water partition coefficient (Wildman–Crippen LogP) is 0.761. The highest BCUT2D eigenvalue weighted by molar-refractivity contribution is 5.76. The molecule has 0 aliphatic carbocycles. The number of aliphatic hydroxyl groups excluding tert-OH is 2. The van der Waals surface area contributed by atoms with E-state index in [4.69, 9.17) is 9.47 Å². The average Bonchev–Trinajstić information content (AvgIpc) is 2.41. The minimum Gasteiger partial charge on any atom is -0.455 e. The minimum absolute atomic E-state index is 0.455. The van der Waals surface area contributed by atoms with E-state index in [1.807, 2.05) is 0 Å². The SMILES string of the molecule is O=C(O[C@H]1CCCOC1O)[C@H](O)c1ccccc1. The molecule has 3 atom stereocenters. The molecule has 5 nitrogen and oxygen atoms in total. The van der Waals surface area contributed by atoms with Crippen molar-refractivity contribution in [1.82, 2.24) is 0 Å². The van der Waals surface area contributed by atoms with Crippen molar-refractivity contribution in [1.29, 1.82) is 0 Å². The molecule has 1 unspecified atom stereocenters. The molecule has 0 bridgehead atoms. The van der Waals surface area contributed by atoms with Gasteiger partial charge < -0.3 is 19.7 Å². The van der Waals surface area contributed by atoms with Crippen molar-refractivity contribution in [3.05, 3.63) is 35.9 Å². The maximum absolute atomic E-state index is 11.7. The van der Waals surface area contributed by atoms with Gasteiger partial charge in [0.2, 0.25) is 0 Å². The summed E-state index contributed by atoms with van der Waals surface area (Å²) in [6, 6.07) is 8.52. The van der Waals surface area contributed by atoms with E-state index < -0.39 is 24.5 Å². The van der Waals surface area contributed by atoms with Gasteiger partial charge >= 0.3 is 5.97 Å². The highest BCUT2D eigenvalue weighted by atomic mass is 16.6. The zero-order valence-corrected chi connectivity index (χ0v) is 9.86. The van der Waals surface area contributed by atoms with Crippen LogP contribution in [0.5, 0.6) is 0 Å². The standard InChI is InChI=1S/C13H16O5/c14-11(9-5-2-1-3-6-9)13(16)18-10-7-4-8-17-12(10)15/h1-3,5-6,10-12,14-15H,4,7-8H2/t10-,11+,12?/m0/s1. The van der Waals surface area contributed by atoms with Gasteiger partial charge in [-0.3, -0.25) is 0 Å². The van der Waals surface area contributed by atoms with E-state index in [2.05, 4.69) is 0 Å². The Morgan fingerprint density at radius 3 is 2.78 bits per heavy atom. The first kappa shape index (κ1) is 13.0. The summed E-state index contributed by atoms with van der Waals surface area (Å²) in [5.41, 5.74) is 0.466. The van der Waals surface area contributed by atoms with Gasteiger partial charge in [-0.05, 0) is 18.4 Å². The molecule has 18 heavy (non-hydrogen) atoms. The van der Waals surface area contributed by atoms with Gasteiger partial charge in [-0.15, -0.1) is 0 Å². The normalized spacial score (nSPS) is 25.4. The number of hydrogen-bond donors (Lipinski definition) is 2. The van der Waals surface area contributed by atoms with Crippen LogP contribution in [0, 0.1) is 0 Å². The molecular weight excluding hydrogens is 236 g/mol. The third kappa shape index (κ3) is 3.07. The topological polar surface area (TPSA) is 76.0 Å². The quantitative estimate of drug-likeness (QED) is 0.777. The van der Waals surface area contributed by atoms with Crippen LogP contribution in [0.2, 0.25) is 0 Å². The first-order valence-electron chi connectivity index (χ1n) is 5.91. The van der Waals surface area contributed by atoms with Gasteiger partial charge in [0.1, 0.15) is 0 Å². The van der Waals surface area contributed by atoms with E-state index >= 15 is 0 Å². The number of carbonyl (C=O) groups is 1. The smallest absolute Gasteiger partial charge is 0.340 e. The lowest BCUT2D eigenvalue weighted by molar-refractivity contribution is -0.211. The molecule has 1 aliphatic rings. The zero-order chi connectivity index (χ0) is 13.0. The van der Waals surface area contributed by atoms with Crippen molar-refractivity contribution in [2.45, 2.75) is 31.3 Å². The molecule has 1 heterocycles. The van der Waals surface area contributed by atoms with E-state index in [1.54, 1.807) is 30.3 Å². The fourth-order valence-electron chi connectivity index (χ4n) is 1.84. The Bertz CT molecular complexity index is 392. The van der Waals surface area contributed by atoms with Crippen molar-refractivity contribution in [2.75, 3.05) is 6.61 Å². The lowest BCUT2D eigenvalue weighted by Crippen LogP contribution is -2.38. The predicted molar refractivity (Wildman–Crippen MR) is 62.5 cm³/mol. The first-order chi connectivity index (χ1) is 8.68. The van der Waals surface area contributed by atoms with Gasteiger partial charge in [0.05, 0.1) is 6.61 Å². The van der Waals surface area contributed by atoms with Crippen LogP contribution in [0.3, 0.4) is 0 Å². The zero-order valence-electron chi connectivity index (χ0n) is 9.86. The fourth-order valence-corrected chi connectivity index (χ4v) is 1.84. The second-order valence-corrected chi connectivity index (χ2v) is 4.19. The number of aliphatic hydroxyl groups is 2. The Labute approximate surface area is 105 Å². The largest absolute Gasteiger partial charge is 0.455 e. The molecule has 1 aromatic carbocycles. The van der Waals surface area contributed by atoms with Crippen LogP contribution in [-0.4, -0.2) is 35.2 Å². The number of rotatable bonds is 3. The highest BCUT2D eigenvalue weighted by Gasteiger charge is 2.30. The van der Waals surface area contributed by atoms with Crippen LogP contribution in [0.1, 0.15) is 24.5 Å². The van der Waals surface area contributed by atoms with E-state index in [1.165, 1.54) is 0 Å². The molecule has 1 aromatic rings. The van der Waals surface area contributed by atoms with Crippen LogP contribution < -0.4 is 0 Å².